The summed E-state index contributed by atoms with van der Waals surface area (Å²) in [5, 5.41) is 26.1. The lowest BCUT2D eigenvalue weighted by atomic mass is 9.98. The number of nitrogens with one attached hydrogen (secondary N) is 2. The van der Waals surface area contributed by atoms with Gasteiger partial charge in [-0.25, -0.2) is 8.78 Å². The number of aromatic hydroxyl groups is 1. The molecule has 1 aliphatic rings. The molecule has 0 radical (unpaired) electrons. The maximum atomic E-state index is 14.6. The average molecular weight is 620 g/mol. The van der Waals surface area contributed by atoms with E-state index in [-0.39, 0.29) is 23.3 Å². The third kappa shape index (κ3) is 7.51. The van der Waals surface area contributed by atoms with Crippen LogP contribution in [0.5, 0.6) is 5.75 Å². The number of aliphatic hydroxyl groups is 1. The van der Waals surface area contributed by atoms with E-state index in [4.69, 9.17) is 0 Å². The van der Waals surface area contributed by atoms with E-state index in [0.717, 1.165) is 17.0 Å². The standard InChI is InChI=1S/C31H30F5N3O5/c1-17-22(8-5-9-26(17)40)28(42)38-24(12-18-6-3-2-4-7-18)27(41)30(44)39-16-21(33)14-25(39)29(43)37-15-19-10-11-20(32)13-23(19)31(34,35)36/h2-11,13,21,24-25,27,40-41H,12,14-16H2,1H3,(H,37,43)(H,38,42)/t21-,24-,25-,27-/m0/s1. The Morgan fingerprint density at radius 2 is 1.75 bits per heavy atom. The van der Waals surface area contributed by atoms with Crippen LogP contribution in [0.3, 0.4) is 0 Å². The molecule has 0 aliphatic carbocycles. The summed E-state index contributed by atoms with van der Waals surface area (Å²) >= 11 is 0. The van der Waals surface area contributed by atoms with Gasteiger partial charge >= 0.3 is 6.18 Å². The molecule has 3 amide bonds. The number of amides is 3. The van der Waals surface area contributed by atoms with E-state index in [2.05, 4.69) is 10.6 Å². The molecule has 1 saturated heterocycles. The Balaban J connectivity index is 1.53. The molecule has 13 heteroatoms. The highest BCUT2D eigenvalue weighted by Gasteiger charge is 2.44. The number of hydrogen-bond acceptors (Lipinski definition) is 5. The number of likely N-dealkylation sites (tertiary alicyclic amines) is 1. The van der Waals surface area contributed by atoms with Gasteiger partial charge in [0.05, 0.1) is 18.2 Å². The van der Waals surface area contributed by atoms with E-state index < -0.39 is 84.7 Å². The molecule has 3 aromatic carbocycles. The van der Waals surface area contributed by atoms with Crippen LogP contribution < -0.4 is 10.6 Å². The Hall–Kier alpha value is -4.52. The van der Waals surface area contributed by atoms with Crippen molar-refractivity contribution in [1.82, 2.24) is 15.5 Å². The van der Waals surface area contributed by atoms with Gasteiger partial charge in [0.25, 0.3) is 11.8 Å². The number of phenols is 1. The van der Waals surface area contributed by atoms with E-state index in [9.17, 15) is 46.5 Å². The van der Waals surface area contributed by atoms with Crippen molar-refractivity contribution in [3.63, 3.8) is 0 Å². The maximum Gasteiger partial charge on any atom is 0.416 e. The Bertz CT molecular complexity index is 1520. The van der Waals surface area contributed by atoms with E-state index in [0.29, 0.717) is 11.6 Å². The van der Waals surface area contributed by atoms with Gasteiger partial charge in [0.1, 0.15) is 23.8 Å². The van der Waals surface area contributed by atoms with Crippen LogP contribution in [-0.2, 0) is 28.7 Å². The molecular weight excluding hydrogens is 589 g/mol. The molecule has 0 spiro atoms. The highest BCUT2D eigenvalue weighted by atomic mass is 19.4. The Kier molecular flexibility index (Phi) is 9.88. The number of carbonyl (C=O) groups excluding carboxylic acids is 3. The third-order valence-corrected chi connectivity index (χ3v) is 7.47. The van der Waals surface area contributed by atoms with Crippen molar-refractivity contribution in [1.29, 1.82) is 0 Å². The van der Waals surface area contributed by atoms with Gasteiger partial charge in [-0.05, 0) is 48.7 Å². The first-order valence-electron chi connectivity index (χ1n) is 13.7. The van der Waals surface area contributed by atoms with E-state index in [1.54, 1.807) is 30.3 Å². The lowest BCUT2D eigenvalue weighted by molar-refractivity contribution is -0.146. The summed E-state index contributed by atoms with van der Waals surface area (Å²) in [7, 11) is 0. The zero-order valence-electron chi connectivity index (χ0n) is 23.4. The van der Waals surface area contributed by atoms with Crippen LogP contribution in [0.4, 0.5) is 22.0 Å². The van der Waals surface area contributed by atoms with Gasteiger partial charge < -0.3 is 25.7 Å². The monoisotopic (exact) mass is 619 g/mol. The topological polar surface area (TPSA) is 119 Å². The second-order valence-electron chi connectivity index (χ2n) is 10.5. The quantitative estimate of drug-likeness (QED) is 0.272. The van der Waals surface area contributed by atoms with E-state index >= 15 is 0 Å². The number of halogens is 5. The summed E-state index contributed by atoms with van der Waals surface area (Å²) in [6, 6.07) is 12.1. The van der Waals surface area contributed by atoms with Gasteiger partial charge in [0, 0.05) is 24.1 Å². The fourth-order valence-electron chi connectivity index (χ4n) is 5.11. The zero-order chi connectivity index (χ0) is 32.2. The van der Waals surface area contributed by atoms with Crippen LogP contribution in [0.25, 0.3) is 0 Å². The van der Waals surface area contributed by atoms with Crippen LogP contribution in [0.1, 0.15) is 39.0 Å². The summed E-state index contributed by atoms with van der Waals surface area (Å²) in [6.45, 7) is 0.258. The summed E-state index contributed by atoms with van der Waals surface area (Å²) in [6.07, 6.45) is -9.04. The molecule has 1 aliphatic heterocycles. The number of phenolic OH excluding ortho intramolecular Hbond substituents is 1. The fourth-order valence-corrected chi connectivity index (χ4v) is 5.11. The molecule has 8 nitrogen and oxygen atoms in total. The van der Waals surface area contributed by atoms with Gasteiger partial charge in [-0.3, -0.25) is 14.4 Å². The Morgan fingerprint density at radius 3 is 2.43 bits per heavy atom. The van der Waals surface area contributed by atoms with E-state index in [1.165, 1.54) is 25.1 Å². The molecular formula is C31H30F5N3O5. The van der Waals surface area contributed by atoms with Crippen molar-refractivity contribution >= 4 is 17.7 Å². The summed E-state index contributed by atoms with van der Waals surface area (Å²) in [4.78, 5) is 40.5. The Labute approximate surface area is 249 Å². The van der Waals surface area contributed by atoms with Crippen LogP contribution in [0, 0.1) is 12.7 Å². The van der Waals surface area contributed by atoms with Crippen molar-refractivity contribution in [2.75, 3.05) is 6.54 Å². The van der Waals surface area contributed by atoms with Gasteiger partial charge in [-0.2, -0.15) is 13.2 Å². The molecule has 0 bridgehead atoms. The molecule has 1 fully saturated rings. The smallest absolute Gasteiger partial charge is 0.416 e. The minimum atomic E-state index is -4.90. The average Bonchev–Trinajstić information content (AvgIpc) is 3.38. The first-order chi connectivity index (χ1) is 20.8. The van der Waals surface area contributed by atoms with Gasteiger partial charge in [0.2, 0.25) is 5.91 Å². The van der Waals surface area contributed by atoms with Crippen LogP contribution in [0.15, 0.2) is 66.7 Å². The van der Waals surface area contributed by atoms with E-state index in [1.807, 2.05) is 0 Å². The third-order valence-electron chi connectivity index (χ3n) is 7.47. The van der Waals surface area contributed by atoms with Crippen molar-refractivity contribution in [3.8, 4) is 5.75 Å². The number of rotatable bonds is 9. The number of carbonyl (C=O) groups is 3. The predicted octanol–water partition coefficient (Wildman–Crippen LogP) is 3.82. The van der Waals surface area contributed by atoms with Crippen LogP contribution in [0.2, 0.25) is 0 Å². The lowest BCUT2D eigenvalue weighted by Gasteiger charge is -2.30. The van der Waals surface area contributed by atoms with Gasteiger partial charge in [-0.1, -0.05) is 42.5 Å². The first kappa shape index (κ1) is 32.4. The molecule has 4 N–H and O–H groups in total. The molecule has 0 aromatic heterocycles. The number of nitrogens with zero attached hydrogens (tertiary/aromatic N) is 1. The molecule has 0 saturated carbocycles. The zero-order valence-corrected chi connectivity index (χ0v) is 23.4. The summed E-state index contributed by atoms with van der Waals surface area (Å²) in [5.41, 5.74) is -0.749. The normalized spacial score (nSPS) is 18.0. The minimum absolute atomic E-state index is 0.0358. The molecule has 0 unspecified atom stereocenters. The lowest BCUT2D eigenvalue weighted by Crippen LogP contribution is -2.55. The van der Waals surface area contributed by atoms with Crippen LogP contribution >= 0.6 is 0 Å². The predicted molar refractivity (Wildman–Crippen MR) is 149 cm³/mol. The van der Waals surface area contributed by atoms with Crippen LogP contribution in [-0.4, -0.2) is 63.7 Å². The molecule has 3 aromatic rings. The summed E-state index contributed by atoms with van der Waals surface area (Å²) in [5.74, 6) is -4.01. The number of alkyl halides is 4. The highest BCUT2D eigenvalue weighted by molar-refractivity contribution is 5.97. The molecule has 44 heavy (non-hydrogen) atoms. The number of aliphatic hydroxyl groups excluding tert-OH is 1. The van der Waals surface area contributed by atoms with Crippen molar-refractivity contribution < 1.29 is 46.5 Å². The highest BCUT2D eigenvalue weighted by Crippen LogP contribution is 2.33. The van der Waals surface area contributed by atoms with Gasteiger partial charge in [0.15, 0.2) is 6.10 Å². The molecule has 4 rings (SSSR count). The first-order valence-corrected chi connectivity index (χ1v) is 13.7. The second kappa shape index (κ2) is 13.4. The second-order valence-corrected chi connectivity index (χ2v) is 10.5. The fraction of sp³-hybridized carbons (Fsp3) is 0.323. The Morgan fingerprint density at radius 1 is 1.05 bits per heavy atom. The molecule has 4 atom stereocenters. The van der Waals surface area contributed by atoms with Gasteiger partial charge in [-0.15, -0.1) is 0 Å². The largest absolute Gasteiger partial charge is 0.508 e. The molecule has 1 heterocycles. The number of benzene rings is 3. The minimum Gasteiger partial charge on any atom is -0.508 e. The number of hydrogen-bond donors (Lipinski definition) is 4. The molecule has 234 valence electrons. The SMILES string of the molecule is Cc1c(O)cccc1C(=O)N[C@@H](Cc1ccccc1)[C@H](O)C(=O)N1C[C@@H](F)C[C@H]1C(=O)NCc1ccc(F)cc1C(F)(F)F. The van der Waals surface area contributed by atoms with Crippen molar-refractivity contribution in [2.45, 2.75) is 56.8 Å². The maximum absolute atomic E-state index is 14.6. The van der Waals surface area contributed by atoms with Crippen molar-refractivity contribution in [3.05, 3.63) is 100 Å². The summed E-state index contributed by atoms with van der Waals surface area (Å²) < 4.78 is 68.2. The van der Waals surface area contributed by atoms with Crippen molar-refractivity contribution in [2.24, 2.45) is 0 Å².